The molecule has 10 heteroatoms. The summed E-state index contributed by atoms with van der Waals surface area (Å²) in [6, 6.07) is 19.3. The molecule has 4 aromatic rings. The highest BCUT2D eigenvalue weighted by Crippen LogP contribution is 2.37. The molecule has 1 N–H and O–H groups in total. The van der Waals surface area contributed by atoms with Gasteiger partial charge in [0, 0.05) is 36.9 Å². The largest absolute Gasteiger partial charge is 0.368 e. The van der Waals surface area contributed by atoms with Crippen molar-refractivity contribution in [3.8, 4) is 5.69 Å². The Kier molecular flexibility index (Phi) is 7.14. The van der Waals surface area contributed by atoms with E-state index in [1.54, 1.807) is 18.2 Å². The van der Waals surface area contributed by atoms with Gasteiger partial charge in [0.05, 0.1) is 21.8 Å². The van der Waals surface area contributed by atoms with Crippen LogP contribution >= 0.6 is 47.0 Å². The first-order valence-electron chi connectivity index (χ1n) is 11.0. The number of anilines is 1. The molecule has 1 aromatic heterocycles. The topological polar surface area (TPSA) is 40.1 Å². The number of benzene rings is 3. The number of aromatic nitrogens is 3. The molecular formula is C25H21Cl3FN5S. The van der Waals surface area contributed by atoms with E-state index >= 15 is 0 Å². The van der Waals surface area contributed by atoms with E-state index in [0.29, 0.717) is 25.7 Å². The summed E-state index contributed by atoms with van der Waals surface area (Å²) in [6.07, 6.45) is 0. The fourth-order valence-electron chi connectivity index (χ4n) is 4.49. The number of aromatic amines is 1. The molecule has 3 aromatic carbocycles. The molecule has 1 unspecified atom stereocenters. The van der Waals surface area contributed by atoms with Crippen molar-refractivity contribution in [1.29, 1.82) is 0 Å². The minimum Gasteiger partial charge on any atom is -0.368 e. The van der Waals surface area contributed by atoms with Crippen LogP contribution in [0.3, 0.4) is 0 Å². The fraction of sp³-hybridized carbons (Fsp3) is 0.200. The fourth-order valence-corrected chi connectivity index (χ4v) is 5.38. The molecule has 180 valence electrons. The van der Waals surface area contributed by atoms with Crippen LogP contribution in [0.2, 0.25) is 15.1 Å². The van der Waals surface area contributed by atoms with Gasteiger partial charge in [0.15, 0.2) is 10.6 Å². The lowest BCUT2D eigenvalue weighted by Crippen LogP contribution is -2.48. The van der Waals surface area contributed by atoms with Crippen LogP contribution in [0.25, 0.3) is 5.69 Å². The third kappa shape index (κ3) is 4.84. The Labute approximate surface area is 222 Å². The van der Waals surface area contributed by atoms with Gasteiger partial charge in [0.1, 0.15) is 5.82 Å². The molecule has 0 saturated carbocycles. The van der Waals surface area contributed by atoms with E-state index in [1.165, 1.54) is 12.1 Å². The Hall–Kier alpha value is -2.42. The minimum atomic E-state index is -0.316. The van der Waals surface area contributed by atoms with Gasteiger partial charge in [-0.1, -0.05) is 59.1 Å². The summed E-state index contributed by atoms with van der Waals surface area (Å²) in [5.74, 6) is 0.368. The lowest BCUT2D eigenvalue weighted by atomic mass is 10.0. The molecule has 0 spiro atoms. The first-order valence-corrected chi connectivity index (χ1v) is 12.6. The molecule has 0 radical (unpaired) electrons. The lowest BCUT2D eigenvalue weighted by Gasteiger charge is -2.40. The van der Waals surface area contributed by atoms with Gasteiger partial charge in [0.2, 0.25) is 0 Å². The van der Waals surface area contributed by atoms with E-state index in [0.717, 1.165) is 43.1 Å². The van der Waals surface area contributed by atoms with Gasteiger partial charge in [0.25, 0.3) is 0 Å². The number of nitrogens with one attached hydrogen (secondary N) is 1. The molecule has 0 aliphatic carbocycles. The number of hydrogen-bond acceptors (Lipinski definition) is 4. The van der Waals surface area contributed by atoms with Crippen LogP contribution in [0.15, 0.2) is 66.7 Å². The normalized spacial score (nSPS) is 15.4. The van der Waals surface area contributed by atoms with Crippen LogP contribution in [0.4, 0.5) is 10.1 Å². The quantitative estimate of drug-likeness (QED) is 0.274. The smallest absolute Gasteiger partial charge is 0.199 e. The molecule has 1 aliphatic heterocycles. The lowest BCUT2D eigenvalue weighted by molar-refractivity contribution is 0.204. The molecule has 5 nitrogen and oxygen atoms in total. The van der Waals surface area contributed by atoms with Crippen molar-refractivity contribution in [1.82, 2.24) is 19.7 Å². The second-order valence-corrected chi connectivity index (χ2v) is 9.80. The Morgan fingerprint density at radius 3 is 2.26 bits per heavy atom. The molecule has 1 fully saturated rings. The SMILES string of the molecule is Fc1ccc(-n2c(C(c3ccccc3Cl)N3CCN(c4cccc(Cl)c4Cl)CC3)n[nH]c2=S)cc1. The van der Waals surface area contributed by atoms with Crippen molar-refractivity contribution >= 4 is 52.7 Å². The summed E-state index contributed by atoms with van der Waals surface area (Å²) in [5.41, 5.74) is 2.56. The van der Waals surface area contributed by atoms with Crippen molar-refractivity contribution in [2.24, 2.45) is 0 Å². The van der Waals surface area contributed by atoms with Crippen LogP contribution in [0, 0.1) is 10.6 Å². The first-order chi connectivity index (χ1) is 16.9. The highest BCUT2D eigenvalue weighted by molar-refractivity contribution is 7.71. The summed E-state index contributed by atoms with van der Waals surface area (Å²) in [5, 5.41) is 9.26. The monoisotopic (exact) mass is 547 g/mol. The standard InChI is InChI=1S/C25H21Cl3FN5S/c26-19-5-2-1-4-18(19)23(24-30-31-25(35)34(24)17-10-8-16(29)9-11-17)33-14-12-32(13-15-33)21-7-3-6-20(27)22(21)28/h1-11,23H,12-15H2,(H,31,35). The number of rotatable bonds is 5. The summed E-state index contributed by atoms with van der Waals surface area (Å²) in [6.45, 7) is 2.93. The van der Waals surface area contributed by atoms with Crippen LogP contribution < -0.4 is 4.90 Å². The van der Waals surface area contributed by atoms with Crippen molar-refractivity contribution in [2.75, 3.05) is 31.1 Å². The number of hydrogen-bond donors (Lipinski definition) is 1. The Bertz CT molecular complexity index is 1400. The van der Waals surface area contributed by atoms with E-state index in [4.69, 9.17) is 47.0 Å². The van der Waals surface area contributed by atoms with Crippen LogP contribution in [-0.2, 0) is 0 Å². The third-order valence-corrected chi connectivity index (χ3v) is 7.61. The Morgan fingerprint density at radius 2 is 1.54 bits per heavy atom. The molecule has 1 saturated heterocycles. The van der Waals surface area contributed by atoms with Gasteiger partial charge in [-0.25, -0.2) is 4.39 Å². The van der Waals surface area contributed by atoms with Gasteiger partial charge in [-0.2, -0.15) is 5.10 Å². The molecule has 1 aliphatic rings. The van der Waals surface area contributed by atoms with Gasteiger partial charge in [-0.3, -0.25) is 14.6 Å². The second kappa shape index (κ2) is 10.3. The van der Waals surface area contributed by atoms with Crippen molar-refractivity contribution < 1.29 is 4.39 Å². The molecule has 0 amide bonds. The predicted octanol–water partition coefficient (Wildman–Crippen LogP) is 6.94. The van der Waals surface area contributed by atoms with Crippen molar-refractivity contribution in [3.63, 3.8) is 0 Å². The number of halogens is 4. The van der Waals surface area contributed by atoms with E-state index < -0.39 is 0 Å². The molecule has 2 heterocycles. The van der Waals surface area contributed by atoms with Crippen LogP contribution in [0.5, 0.6) is 0 Å². The Morgan fingerprint density at radius 1 is 0.857 bits per heavy atom. The van der Waals surface area contributed by atoms with Crippen molar-refractivity contribution in [3.05, 3.63) is 104 Å². The van der Waals surface area contributed by atoms with E-state index in [1.807, 2.05) is 41.0 Å². The number of piperazine rings is 1. The van der Waals surface area contributed by atoms with Gasteiger partial charge in [-0.15, -0.1) is 0 Å². The minimum absolute atomic E-state index is 0.279. The molecule has 5 rings (SSSR count). The number of nitrogens with zero attached hydrogens (tertiary/aromatic N) is 4. The van der Waals surface area contributed by atoms with Gasteiger partial charge >= 0.3 is 0 Å². The zero-order valence-corrected chi connectivity index (χ0v) is 21.5. The summed E-state index contributed by atoms with van der Waals surface area (Å²) < 4.78 is 15.9. The summed E-state index contributed by atoms with van der Waals surface area (Å²) in [7, 11) is 0. The number of H-pyrrole nitrogens is 1. The maximum atomic E-state index is 13.6. The van der Waals surface area contributed by atoms with Crippen LogP contribution in [-0.4, -0.2) is 45.8 Å². The zero-order valence-electron chi connectivity index (χ0n) is 18.5. The highest BCUT2D eigenvalue weighted by atomic mass is 35.5. The third-order valence-electron chi connectivity index (χ3n) is 6.18. The summed E-state index contributed by atoms with van der Waals surface area (Å²) in [4.78, 5) is 4.55. The maximum absolute atomic E-state index is 13.6. The molecule has 0 bridgehead atoms. The molecule has 1 atom stereocenters. The molecule has 35 heavy (non-hydrogen) atoms. The molecular weight excluding hydrogens is 528 g/mol. The zero-order chi connectivity index (χ0) is 24.5. The second-order valence-electron chi connectivity index (χ2n) is 8.22. The van der Waals surface area contributed by atoms with E-state index in [9.17, 15) is 4.39 Å². The van der Waals surface area contributed by atoms with Crippen molar-refractivity contribution in [2.45, 2.75) is 6.04 Å². The van der Waals surface area contributed by atoms with E-state index in [-0.39, 0.29) is 11.9 Å². The average molecular weight is 549 g/mol. The first kappa shape index (κ1) is 24.3. The van der Waals surface area contributed by atoms with E-state index in [2.05, 4.69) is 20.0 Å². The maximum Gasteiger partial charge on any atom is 0.199 e. The van der Waals surface area contributed by atoms with Gasteiger partial charge < -0.3 is 4.90 Å². The predicted molar refractivity (Wildman–Crippen MR) is 142 cm³/mol. The average Bonchev–Trinajstić information content (AvgIpc) is 3.24. The Balaban J connectivity index is 1.52. The van der Waals surface area contributed by atoms with Gasteiger partial charge in [-0.05, 0) is 60.2 Å². The van der Waals surface area contributed by atoms with Crippen LogP contribution in [0.1, 0.15) is 17.4 Å². The summed E-state index contributed by atoms with van der Waals surface area (Å²) >= 11 is 25.0. The highest BCUT2D eigenvalue weighted by Gasteiger charge is 2.32.